The number of nitrogens with one attached hydrogen (secondary N) is 2. The molecular formula is C10H13N5O3S. The van der Waals surface area contributed by atoms with Crippen molar-refractivity contribution in [2.24, 2.45) is 0 Å². The van der Waals surface area contributed by atoms with Gasteiger partial charge in [-0.2, -0.15) is 4.98 Å². The number of hydrogen-bond donors (Lipinski definition) is 3. The molecule has 0 spiro atoms. The minimum absolute atomic E-state index is 0.125. The fourth-order valence-corrected chi connectivity index (χ4v) is 2.17. The molecule has 1 aromatic carbocycles. The molecule has 0 atom stereocenters. The molecule has 102 valence electrons. The molecule has 0 saturated heterocycles. The van der Waals surface area contributed by atoms with E-state index < -0.39 is 10.0 Å². The number of benzene rings is 1. The van der Waals surface area contributed by atoms with Crippen LogP contribution in [0.4, 0.5) is 11.4 Å². The summed E-state index contributed by atoms with van der Waals surface area (Å²) in [5.74, 6) is 0.446. The van der Waals surface area contributed by atoms with Crippen molar-refractivity contribution < 1.29 is 12.9 Å². The summed E-state index contributed by atoms with van der Waals surface area (Å²) in [5, 5.41) is 6.58. The summed E-state index contributed by atoms with van der Waals surface area (Å²) >= 11 is 0. The van der Waals surface area contributed by atoms with E-state index in [2.05, 4.69) is 24.7 Å². The zero-order chi connectivity index (χ0) is 13.9. The van der Waals surface area contributed by atoms with Gasteiger partial charge in [0.05, 0.1) is 22.8 Å². The summed E-state index contributed by atoms with van der Waals surface area (Å²) in [5.41, 5.74) is 6.69. The van der Waals surface area contributed by atoms with Gasteiger partial charge in [-0.05, 0) is 25.2 Å². The third-order valence-corrected chi connectivity index (χ3v) is 3.86. The Kier molecular flexibility index (Phi) is 3.67. The van der Waals surface area contributed by atoms with E-state index in [9.17, 15) is 8.42 Å². The summed E-state index contributed by atoms with van der Waals surface area (Å²) < 4.78 is 30.2. The average molecular weight is 283 g/mol. The number of nitrogens with zero attached hydrogens (tertiary/aromatic N) is 2. The van der Waals surface area contributed by atoms with Crippen LogP contribution in [0.15, 0.2) is 34.0 Å². The summed E-state index contributed by atoms with van der Waals surface area (Å²) in [4.78, 5) is 3.96. The zero-order valence-electron chi connectivity index (χ0n) is 10.1. The molecule has 8 nitrogen and oxygen atoms in total. The summed E-state index contributed by atoms with van der Waals surface area (Å²) in [6.07, 6.45) is 1.21. The van der Waals surface area contributed by atoms with Crippen LogP contribution in [-0.2, 0) is 16.6 Å². The van der Waals surface area contributed by atoms with Gasteiger partial charge in [0.25, 0.3) is 0 Å². The molecule has 0 unspecified atom stereocenters. The van der Waals surface area contributed by atoms with Crippen molar-refractivity contribution in [1.82, 2.24) is 14.9 Å². The monoisotopic (exact) mass is 283 g/mol. The molecule has 4 N–H and O–H groups in total. The van der Waals surface area contributed by atoms with E-state index in [0.29, 0.717) is 17.2 Å². The number of anilines is 2. The zero-order valence-corrected chi connectivity index (χ0v) is 10.9. The highest BCUT2D eigenvalue weighted by atomic mass is 32.2. The van der Waals surface area contributed by atoms with Gasteiger partial charge in [-0.25, -0.2) is 13.1 Å². The molecule has 1 heterocycles. The smallest absolute Gasteiger partial charge is 0.240 e. The summed E-state index contributed by atoms with van der Waals surface area (Å²) in [7, 11) is -2.16. The van der Waals surface area contributed by atoms with E-state index in [1.807, 2.05) is 0 Å². The SMILES string of the molecule is CNS(=O)(=O)c1ccc(N)c(NCc2ncon2)c1. The molecule has 0 aliphatic carbocycles. The Morgan fingerprint density at radius 2 is 2.21 bits per heavy atom. The van der Waals surface area contributed by atoms with Crippen LogP contribution >= 0.6 is 0 Å². The predicted octanol–water partition coefficient (Wildman–Crippen LogP) is 0.172. The molecule has 0 radical (unpaired) electrons. The van der Waals surface area contributed by atoms with Crippen LogP contribution in [0.1, 0.15) is 5.82 Å². The number of nitrogens with two attached hydrogens (primary N) is 1. The molecule has 0 aliphatic heterocycles. The van der Waals surface area contributed by atoms with Crippen molar-refractivity contribution in [2.45, 2.75) is 11.4 Å². The highest BCUT2D eigenvalue weighted by Gasteiger charge is 2.13. The van der Waals surface area contributed by atoms with Crippen molar-refractivity contribution in [3.8, 4) is 0 Å². The maximum atomic E-state index is 11.7. The number of nitrogen functional groups attached to an aromatic ring is 1. The van der Waals surface area contributed by atoms with Crippen molar-refractivity contribution in [3.05, 3.63) is 30.4 Å². The van der Waals surface area contributed by atoms with E-state index in [1.54, 1.807) is 0 Å². The first kappa shape index (κ1) is 13.3. The van der Waals surface area contributed by atoms with Gasteiger partial charge in [0, 0.05) is 0 Å². The minimum atomic E-state index is -3.50. The van der Waals surface area contributed by atoms with Crippen LogP contribution in [-0.4, -0.2) is 25.6 Å². The maximum absolute atomic E-state index is 11.7. The van der Waals surface area contributed by atoms with Crippen molar-refractivity contribution in [1.29, 1.82) is 0 Å². The lowest BCUT2D eigenvalue weighted by molar-refractivity contribution is 0.411. The van der Waals surface area contributed by atoms with E-state index in [4.69, 9.17) is 5.73 Å². The predicted molar refractivity (Wildman–Crippen MR) is 68.7 cm³/mol. The minimum Gasteiger partial charge on any atom is -0.397 e. The Hall–Kier alpha value is -2.13. The molecule has 0 fully saturated rings. The van der Waals surface area contributed by atoms with Crippen molar-refractivity contribution in [3.63, 3.8) is 0 Å². The first-order chi connectivity index (χ1) is 9.03. The van der Waals surface area contributed by atoms with Crippen LogP contribution in [0.3, 0.4) is 0 Å². The van der Waals surface area contributed by atoms with Crippen molar-refractivity contribution >= 4 is 21.4 Å². The Bertz CT molecular complexity index is 654. The van der Waals surface area contributed by atoms with Gasteiger partial charge in [0.2, 0.25) is 16.4 Å². The standard InChI is InChI=1S/C10H13N5O3S/c1-12-19(16,17)7-2-3-8(11)9(4-7)13-5-10-14-6-18-15-10/h2-4,6,12-13H,5,11H2,1H3. The lowest BCUT2D eigenvalue weighted by atomic mass is 10.2. The molecule has 2 rings (SSSR count). The van der Waals surface area contributed by atoms with E-state index in [1.165, 1.54) is 31.6 Å². The van der Waals surface area contributed by atoms with Crippen LogP contribution in [0, 0.1) is 0 Å². The van der Waals surface area contributed by atoms with Crippen LogP contribution in [0.2, 0.25) is 0 Å². The molecule has 0 amide bonds. The third-order valence-electron chi connectivity index (χ3n) is 2.45. The molecule has 9 heteroatoms. The van der Waals surface area contributed by atoms with Crippen LogP contribution < -0.4 is 15.8 Å². The molecule has 0 aliphatic rings. The van der Waals surface area contributed by atoms with Gasteiger partial charge in [-0.1, -0.05) is 5.16 Å². The Morgan fingerprint density at radius 1 is 1.42 bits per heavy atom. The second kappa shape index (κ2) is 5.24. The largest absolute Gasteiger partial charge is 0.397 e. The number of aromatic nitrogens is 2. The normalized spacial score (nSPS) is 11.4. The molecule has 0 saturated carbocycles. The maximum Gasteiger partial charge on any atom is 0.240 e. The van der Waals surface area contributed by atoms with Gasteiger partial charge in [0.1, 0.15) is 0 Å². The Morgan fingerprint density at radius 3 is 2.84 bits per heavy atom. The quantitative estimate of drug-likeness (QED) is 0.668. The van der Waals surface area contributed by atoms with E-state index >= 15 is 0 Å². The lowest BCUT2D eigenvalue weighted by Crippen LogP contribution is -2.19. The number of rotatable bonds is 5. The van der Waals surface area contributed by atoms with Gasteiger partial charge in [-0.3, -0.25) is 0 Å². The molecular weight excluding hydrogens is 270 g/mol. The Balaban J connectivity index is 2.22. The second-order valence-corrected chi connectivity index (χ2v) is 5.54. The number of hydrogen-bond acceptors (Lipinski definition) is 7. The Labute approximate surface area is 110 Å². The van der Waals surface area contributed by atoms with Crippen LogP contribution in [0.25, 0.3) is 0 Å². The topological polar surface area (TPSA) is 123 Å². The molecule has 0 bridgehead atoms. The third kappa shape index (κ3) is 3.01. The average Bonchev–Trinajstić information content (AvgIpc) is 2.90. The van der Waals surface area contributed by atoms with E-state index in [0.717, 1.165) is 0 Å². The van der Waals surface area contributed by atoms with E-state index in [-0.39, 0.29) is 11.4 Å². The fourth-order valence-electron chi connectivity index (χ4n) is 1.42. The lowest BCUT2D eigenvalue weighted by Gasteiger charge is -2.10. The highest BCUT2D eigenvalue weighted by molar-refractivity contribution is 7.89. The van der Waals surface area contributed by atoms with Gasteiger partial charge in [-0.15, -0.1) is 0 Å². The first-order valence-electron chi connectivity index (χ1n) is 5.35. The summed E-state index contributed by atoms with van der Waals surface area (Å²) in [6, 6.07) is 4.39. The first-order valence-corrected chi connectivity index (χ1v) is 6.83. The highest BCUT2D eigenvalue weighted by Crippen LogP contribution is 2.23. The number of sulfonamides is 1. The molecule has 2 aromatic rings. The van der Waals surface area contributed by atoms with Crippen molar-refractivity contribution in [2.75, 3.05) is 18.1 Å². The van der Waals surface area contributed by atoms with Gasteiger partial charge in [0.15, 0.2) is 5.82 Å². The second-order valence-electron chi connectivity index (χ2n) is 3.66. The summed E-state index contributed by atoms with van der Waals surface area (Å²) in [6.45, 7) is 0.282. The fraction of sp³-hybridized carbons (Fsp3) is 0.200. The van der Waals surface area contributed by atoms with Gasteiger partial charge >= 0.3 is 0 Å². The molecule has 1 aromatic heterocycles. The van der Waals surface area contributed by atoms with Crippen LogP contribution in [0.5, 0.6) is 0 Å². The van der Waals surface area contributed by atoms with Gasteiger partial charge < -0.3 is 15.6 Å². The molecule has 19 heavy (non-hydrogen) atoms.